The highest BCUT2D eigenvalue weighted by atomic mass is 35.5. The summed E-state index contributed by atoms with van der Waals surface area (Å²) in [6.07, 6.45) is 0. The van der Waals surface area contributed by atoms with E-state index >= 15 is 0 Å². The fraction of sp³-hybridized carbons (Fsp3) is 0. The van der Waals surface area contributed by atoms with Crippen LogP contribution in [0.4, 0.5) is 11.4 Å². The highest BCUT2D eigenvalue weighted by Gasteiger charge is 2.14. The quantitative estimate of drug-likeness (QED) is 0.683. The first-order chi connectivity index (χ1) is 9.47. The number of halogens is 2. The molecule has 0 aliphatic rings. The molecular formula is C13H8Cl2N2O3. The number of rotatable bonds is 3. The molecule has 102 valence electrons. The molecule has 0 aromatic heterocycles. The number of carbonyl (C=O) groups is 1. The average Bonchev–Trinajstić information content (AvgIpc) is 2.41. The third-order valence-corrected chi connectivity index (χ3v) is 3.08. The van der Waals surface area contributed by atoms with Gasteiger partial charge in [-0.25, -0.2) is 0 Å². The lowest BCUT2D eigenvalue weighted by atomic mass is 10.2. The van der Waals surface area contributed by atoms with E-state index in [1.807, 2.05) is 0 Å². The summed E-state index contributed by atoms with van der Waals surface area (Å²) in [7, 11) is 0. The Labute approximate surface area is 124 Å². The van der Waals surface area contributed by atoms with Crippen molar-refractivity contribution in [2.45, 2.75) is 0 Å². The standard InChI is InChI=1S/C13H8Cl2N2O3/c14-9-3-1-8(2-4-9)13(18)16-10-5-6-11(15)12(7-10)17(19)20/h1-7H,(H,16,18). The van der Waals surface area contributed by atoms with Gasteiger partial charge < -0.3 is 5.32 Å². The first-order valence-electron chi connectivity index (χ1n) is 5.48. The molecule has 0 aliphatic heterocycles. The molecule has 0 saturated heterocycles. The molecule has 5 nitrogen and oxygen atoms in total. The average molecular weight is 311 g/mol. The highest BCUT2D eigenvalue weighted by Crippen LogP contribution is 2.27. The van der Waals surface area contributed by atoms with Crippen molar-refractivity contribution < 1.29 is 9.72 Å². The summed E-state index contributed by atoms with van der Waals surface area (Å²) in [4.78, 5) is 22.1. The highest BCUT2D eigenvalue weighted by molar-refractivity contribution is 6.32. The van der Waals surface area contributed by atoms with E-state index in [0.717, 1.165) is 0 Å². The summed E-state index contributed by atoms with van der Waals surface area (Å²) in [5.41, 5.74) is 0.425. The fourth-order valence-electron chi connectivity index (χ4n) is 1.53. The zero-order chi connectivity index (χ0) is 14.7. The topological polar surface area (TPSA) is 72.2 Å². The minimum Gasteiger partial charge on any atom is -0.322 e. The molecular weight excluding hydrogens is 303 g/mol. The number of hydrogen-bond donors (Lipinski definition) is 1. The van der Waals surface area contributed by atoms with E-state index < -0.39 is 10.8 Å². The SMILES string of the molecule is O=C(Nc1ccc(Cl)c([N+](=O)[O-])c1)c1ccc(Cl)cc1. The molecule has 0 atom stereocenters. The Hall–Kier alpha value is -2.11. The number of hydrogen-bond acceptors (Lipinski definition) is 3. The van der Waals surface area contributed by atoms with E-state index in [4.69, 9.17) is 23.2 Å². The van der Waals surface area contributed by atoms with Gasteiger partial charge in [0.1, 0.15) is 5.02 Å². The van der Waals surface area contributed by atoms with Gasteiger partial charge in [0.05, 0.1) is 4.92 Å². The predicted octanol–water partition coefficient (Wildman–Crippen LogP) is 4.15. The summed E-state index contributed by atoms with van der Waals surface area (Å²) in [5.74, 6) is -0.390. The van der Waals surface area contributed by atoms with Gasteiger partial charge >= 0.3 is 0 Å². The van der Waals surface area contributed by atoms with E-state index in [1.54, 1.807) is 24.3 Å². The van der Waals surface area contributed by atoms with E-state index in [2.05, 4.69) is 5.32 Å². The van der Waals surface area contributed by atoms with Gasteiger partial charge in [-0.3, -0.25) is 14.9 Å². The van der Waals surface area contributed by atoms with Crippen molar-refractivity contribution in [3.8, 4) is 0 Å². The van der Waals surface area contributed by atoms with Crippen molar-refractivity contribution >= 4 is 40.5 Å². The molecule has 0 fully saturated rings. The summed E-state index contributed by atoms with van der Waals surface area (Å²) in [5, 5.41) is 13.8. The van der Waals surface area contributed by atoms with E-state index in [-0.39, 0.29) is 10.7 Å². The van der Waals surface area contributed by atoms with Crippen LogP contribution in [-0.4, -0.2) is 10.8 Å². The zero-order valence-corrected chi connectivity index (χ0v) is 11.5. The number of benzene rings is 2. The van der Waals surface area contributed by atoms with Gasteiger partial charge in [0, 0.05) is 22.3 Å². The molecule has 2 aromatic carbocycles. The van der Waals surface area contributed by atoms with Gasteiger partial charge in [-0.2, -0.15) is 0 Å². The maximum atomic E-state index is 11.9. The fourth-order valence-corrected chi connectivity index (χ4v) is 1.85. The monoisotopic (exact) mass is 310 g/mol. The molecule has 0 radical (unpaired) electrons. The molecule has 0 bridgehead atoms. The second kappa shape index (κ2) is 5.90. The molecule has 0 unspecified atom stereocenters. The number of nitro benzene ring substituents is 1. The molecule has 0 heterocycles. The van der Waals surface area contributed by atoms with Gasteiger partial charge in [-0.05, 0) is 36.4 Å². The number of nitrogens with one attached hydrogen (secondary N) is 1. The molecule has 0 spiro atoms. The Kier molecular flexibility index (Phi) is 4.22. The molecule has 0 aliphatic carbocycles. The maximum Gasteiger partial charge on any atom is 0.289 e. The molecule has 1 amide bonds. The van der Waals surface area contributed by atoms with Gasteiger partial charge in [0.2, 0.25) is 0 Å². The van der Waals surface area contributed by atoms with Crippen LogP contribution in [0.5, 0.6) is 0 Å². The molecule has 2 rings (SSSR count). The predicted molar refractivity (Wildman–Crippen MR) is 77.5 cm³/mol. The smallest absolute Gasteiger partial charge is 0.289 e. The van der Waals surface area contributed by atoms with Crippen LogP contribution in [0, 0.1) is 10.1 Å². The van der Waals surface area contributed by atoms with E-state index in [1.165, 1.54) is 18.2 Å². The number of amides is 1. The van der Waals surface area contributed by atoms with Crippen LogP contribution in [0.1, 0.15) is 10.4 Å². The van der Waals surface area contributed by atoms with Crippen LogP contribution in [-0.2, 0) is 0 Å². The van der Waals surface area contributed by atoms with Crippen molar-refractivity contribution in [2.75, 3.05) is 5.32 Å². The van der Waals surface area contributed by atoms with Crippen LogP contribution >= 0.6 is 23.2 Å². The van der Waals surface area contributed by atoms with Gasteiger partial charge in [0.15, 0.2) is 0 Å². The van der Waals surface area contributed by atoms with Gasteiger partial charge in [-0.15, -0.1) is 0 Å². The van der Waals surface area contributed by atoms with Crippen LogP contribution in [0.25, 0.3) is 0 Å². The normalized spacial score (nSPS) is 10.1. The van der Waals surface area contributed by atoms with Crippen LogP contribution in [0.3, 0.4) is 0 Å². The largest absolute Gasteiger partial charge is 0.322 e. The molecule has 7 heteroatoms. The summed E-state index contributed by atoms with van der Waals surface area (Å²) in [6.45, 7) is 0. The van der Waals surface area contributed by atoms with Crippen molar-refractivity contribution in [3.05, 3.63) is 68.2 Å². The minimum absolute atomic E-state index is 0.0134. The summed E-state index contributed by atoms with van der Waals surface area (Å²) in [6, 6.07) is 10.3. The second-order valence-electron chi connectivity index (χ2n) is 3.88. The first kappa shape index (κ1) is 14.3. The number of nitro groups is 1. The zero-order valence-electron chi connectivity index (χ0n) is 9.97. The van der Waals surface area contributed by atoms with E-state index in [9.17, 15) is 14.9 Å². The van der Waals surface area contributed by atoms with Crippen LogP contribution < -0.4 is 5.32 Å². The van der Waals surface area contributed by atoms with Gasteiger partial charge in [0.25, 0.3) is 11.6 Å². The Morgan fingerprint density at radius 1 is 1.10 bits per heavy atom. The number of nitrogens with zero attached hydrogens (tertiary/aromatic N) is 1. The lowest BCUT2D eigenvalue weighted by Gasteiger charge is -2.05. The van der Waals surface area contributed by atoms with E-state index in [0.29, 0.717) is 16.3 Å². The van der Waals surface area contributed by atoms with Crippen molar-refractivity contribution in [2.24, 2.45) is 0 Å². The minimum atomic E-state index is -0.611. The lowest BCUT2D eigenvalue weighted by molar-refractivity contribution is -0.384. The van der Waals surface area contributed by atoms with Crippen LogP contribution in [0.2, 0.25) is 10.0 Å². The maximum absolute atomic E-state index is 11.9. The third kappa shape index (κ3) is 3.26. The van der Waals surface area contributed by atoms with Gasteiger partial charge in [-0.1, -0.05) is 23.2 Å². The second-order valence-corrected chi connectivity index (χ2v) is 4.73. The number of carbonyl (C=O) groups excluding carboxylic acids is 1. The van der Waals surface area contributed by atoms with Crippen LogP contribution in [0.15, 0.2) is 42.5 Å². The Bertz CT molecular complexity index is 672. The molecule has 2 aromatic rings. The first-order valence-corrected chi connectivity index (χ1v) is 6.24. The third-order valence-electron chi connectivity index (χ3n) is 2.51. The number of anilines is 1. The Morgan fingerprint density at radius 3 is 2.35 bits per heavy atom. The summed E-state index contributed by atoms with van der Waals surface area (Å²) >= 11 is 11.4. The molecule has 1 N–H and O–H groups in total. The molecule has 20 heavy (non-hydrogen) atoms. The van der Waals surface area contributed by atoms with Crippen molar-refractivity contribution in [1.82, 2.24) is 0 Å². The Balaban J connectivity index is 2.21. The summed E-state index contributed by atoms with van der Waals surface area (Å²) < 4.78 is 0. The van der Waals surface area contributed by atoms with Crippen molar-refractivity contribution in [1.29, 1.82) is 0 Å². The molecule has 0 saturated carbocycles. The Morgan fingerprint density at radius 2 is 1.75 bits per heavy atom. The lowest BCUT2D eigenvalue weighted by Crippen LogP contribution is -2.11. The van der Waals surface area contributed by atoms with Crippen molar-refractivity contribution in [3.63, 3.8) is 0 Å².